The molecule has 2 aliphatic rings. The second kappa shape index (κ2) is 4.31. The van der Waals surface area contributed by atoms with E-state index in [-0.39, 0.29) is 6.10 Å². The Hall–Kier alpha value is 0.110. The maximum atomic E-state index is 11.8. The molecule has 14 heavy (non-hydrogen) atoms. The first-order valence-electron chi connectivity index (χ1n) is 5.31. The summed E-state index contributed by atoms with van der Waals surface area (Å²) < 4.78 is 27.5. The van der Waals surface area contributed by atoms with E-state index < -0.39 is 7.82 Å². The first kappa shape index (κ1) is 10.6. The summed E-state index contributed by atoms with van der Waals surface area (Å²) >= 11 is 0. The van der Waals surface area contributed by atoms with Crippen molar-refractivity contribution in [3.8, 4) is 0 Å². The van der Waals surface area contributed by atoms with Gasteiger partial charge in [-0.15, -0.1) is 0 Å². The first-order chi connectivity index (χ1) is 6.73. The lowest BCUT2D eigenvalue weighted by Gasteiger charge is -2.37. The molecular formula is C9H17O4P. The first-order valence-corrected chi connectivity index (χ1v) is 6.77. The van der Waals surface area contributed by atoms with E-state index in [0.29, 0.717) is 19.1 Å². The number of phosphoric acid groups is 1. The molecule has 82 valence electrons. The fraction of sp³-hybridized carbons (Fsp3) is 1.00. The van der Waals surface area contributed by atoms with Gasteiger partial charge in [0.2, 0.25) is 0 Å². The summed E-state index contributed by atoms with van der Waals surface area (Å²) in [7, 11) is -3.20. The highest BCUT2D eigenvalue weighted by molar-refractivity contribution is 7.48. The molecule has 0 aromatic rings. The van der Waals surface area contributed by atoms with Gasteiger partial charge < -0.3 is 0 Å². The Morgan fingerprint density at radius 1 is 1.43 bits per heavy atom. The molecule has 5 heteroatoms. The van der Waals surface area contributed by atoms with Gasteiger partial charge in [-0.1, -0.05) is 12.8 Å². The van der Waals surface area contributed by atoms with Crippen molar-refractivity contribution in [2.75, 3.05) is 13.2 Å². The van der Waals surface area contributed by atoms with Gasteiger partial charge in [0.05, 0.1) is 19.3 Å². The predicted molar refractivity (Wildman–Crippen MR) is 52.0 cm³/mol. The van der Waals surface area contributed by atoms with Crippen LogP contribution < -0.4 is 0 Å². The van der Waals surface area contributed by atoms with Crippen LogP contribution in [0.1, 0.15) is 32.6 Å². The number of hydrogen-bond acceptors (Lipinski definition) is 4. The molecule has 1 saturated carbocycles. The van der Waals surface area contributed by atoms with Crippen molar-refractivity contribution in [1.82, 2.24) is 0 Å². The van der Waals surface area contributed by atoms with E-state index in [9.17, 15) is 4.57 Å². The lowest BCUT2D eigenvalue weighted by molar-refractivity contribution is -0.0295. The molecule has 1 saturated heterocycles. The number of fused-ring (bicyclic) bond motifs is 1. The molecule has 0 aromatic heterocycles. The molecule has 0 bridgehead atoms. The summed E-state index contributed by atoms with van der Waals surface area (Å²) in [5.74, 6) is 0.422. The summed E-state index contributed by atoms with van der Waals surface area (Å²) in [6.45, 7) is 2.69. The second-order valence-electron chi connectivity index (χ2n) is 3.85. The van der Waals surface area contributed by atoms with Crippen molar-refractivity contribution in [3.05, 3.63) is 0 Å². The molecule has 0 N–H and O–H groups in total. The van der Waals surface area contributed by atoms with Gasteiger partial charge in [-0.25, -0.2) is 4.57 Å². The molecule has 3 atom stereocenters. The lowest BCUT2D eigenvalue weighted by Crippen LogP contribution is -2.34. The van der Waals surface area contributed by atoms with E-state index in [1.165, 1.54) is 6.42 Å². The molecule has 0 aromatic carbocycles. The van der Waals surface area contributed by atoms with Crippen LogP contribution in [-0.2, 0) is 18.1 Å². The quantitative estimate of drug-likeness (QED) is 0.671. The Balaban J connectivity index is 1.98. The summed E-state index contributed by atoms with van der Waals surface area (Å²) in [4.78, 5) is 0. The van der Waals surface area contributed by atoms with Crippen molar-refractivity contribution in [1.29, 1.82) is 0 Å². The van der Waals surface area contributed by atoms with Gasteiger partial charge in [0.15, 0.2) is 0 Å². The van der Waals surface area contributed by atoms with Gasteiger partial charge in [-0.3, -0.25) is 13.6 Å². The molecule has 0 amide bonds. The Morgan fingerprint density at radius 2 is 2.21 bits per heavy atom. The van der Waals surface area contributed by atoms with Gasteiger partial charge in [0.1, 0.15) is 0 Å². The molecular weight excluding hydrogens is 203 g/mol. The Morgan fingerprint density at radius 3 is 3.00 bits per heavy atom. The number of hydrogen-bond donors (Lipinski definition) is 0. The van der Waals surface area contributed by atoms with Gasteiger partial charge in [0.25, 0.3) is 0 Å². The van der Waals surface area contributed by atoms with E-state index in [1.807, 2.05) is 0 Å². The smallest absolute Gasteiger partial charge is 0.287 e. The van der Waals surface area contributed by atoms with E-state index in [0.717, 1.165) is 19.3 Å². The fourth-order valence-corrected chi connectivity index (χ4v) is 3.61. The highest BCUT2D eigenvalue weighted by Crippen LogP contribution is 2.56. The van der Waals surface area contributed by atoms with Crippen molar-refractivity contribution >= 4 is 7.82 Å². The molecule has 1 aliphatic carbocycles. The van der Waals surface area contributed by atoms with Crippen molar-refractivity contribution in [2.24, 2.45) is 5.92 Å². The fourth-order valence-electron chi connectivity index (χ4n) is 2.11. The summed E-state index contributed by atoms with van der Waals surface area (Å²) in [6.07, 6.45) is 4.59. The van der Waals surface area contributed by atoms with E-state index in [1.54, 1.807) is 6.92 Å². The molecule has 0 unspecified atom stereocenters. The topological polar surface area (TPSA) is 44.8 Å². The molecule has 0 radical (unpaired) electrons. The molecule has 2 fully saturated rings. The van der Waals surface area contributed by atoms with Crippen LogP contribution >= 0.6 is 7.82 Å². The Labute approximate surface area is 84.5 Å². The van der Waals surface area contributed by atoms with E-state index in [2.05, 4.69) is 0 Å². The van der Waals surface area contributed by atoms with Gasteiger partial charge in [-0.05, 0) is 19.8 Å². The highest BCUT2D eigenvalue weighted by Gasteiger charge is 2.41. The monoisotopic (exact) mass is 220 g/mol. The third-order valence-corrected chi connectivity index (χ3v) is 4.41. The lowest BCUT2D eigenvalue weighted by atomic mass is 9.87. The predicted octanol–water partition coefficient (Wildman–Crippen LogP) is 2.74. The average molecular weight is 220 g/mol. The second-order valence-corrected chi connectivity index (χ2v) is 5.47. The van der Waals surface area contributed by atoms with Crippen LogP contribution in [0, 0.1) is 5.92 Å². The third kappa shape index (κ3) is 2.19. The van der Waals surface area contributed by atoms with Gasteiger partial charge >= 0.3 is 7.82 Å². The maximum absolute atomic E-state index is 11.8. The van der Waals surface area contributed by atoms with E-state index in [4.69, 9.17) is 13.6 Å². The molecule has 4 nitrogen and oxygen atoms in total. The molecule has 1 heterocycles. The minimum Gasteiger partial charge on any atom is -0.287 e. The minimum absolute atomic E-state index is 0.0925. The Kier molecular flexibility index (Phi) is 3.27. The molecule has 2 rings (SSSR count). The minimum atomic E-state index is -3.20. The maximum Gasteiger partial charge on any atom is 0.475 e. The zero-order valence-corrected chi connectivity index (χ0v) is 9.37. The summed E-state index contributed by atoms with van der Waals surface area (Å²) in [5, 5.41) is 0. The van der Waals surface area contributed by atoms with Crippen LogP contribution in [0.2, 0.25) is 0 Å². The highest BCUT2D eigenvalue weighted by atomic mass is 31.2. The Bertz CT molecular complexity index is 243. The number of phosphoric ester groups is 1. The zero-order chi connectivity index (χ0) is 10.0. The van der Waals surface area contributed by atoms with Crippen LogP contribution in [-0.4, -0.2) is 19.3 Å². The third-order valence-electron chi connectivity index (χ3n) is 2.84. The SMILES string of the molecule is CCO[P@]1(=O)OC[C@H]2CCCC[C@@H]2O1. The van der Waals surface area contributed by atoms with Crippen molar-refractivity contribution < 1.29 is 18.1 Å². The standard InChI is InChI=1S/C9H17O4P/c1-2-11-14(10)12-7-8-5-3-4-6-9(8)13-14/h8-9H,2-7H2,1H3/t8-,9+,14-/m1/s1. The van der Waals surface area contributed by atoms with Crippen molar-refractivity contribution in [3.63, 3.8) is 0 Å². The molecule has 0 spiro atoms. The molecule has 1 aliphatic heterocycles. The largest absolute Gasteiger partial charge is 0.475 e. The van der Waals surface area contributed by atoms with Crippen LogP contribution in [0.15, 0.2) is 0 Å². The van der Waals surface area contributed by atoms with Crippen LogP contribution in [0.4, 0.5) is 0 Å². The van der Waals surface area contributed by atoms with Crippen LogP contribution in [0.5, 0.6) is 0 Å². The summed E-state index contributed by atoms with van der Waals surface area (Å²) in [6, 6.07) is 0. The normalized spacial score (nSPS) is 43.2. The van der Waals surface area contributed by atoms with Crippen LogP contribution in [0.3, 0.4) is 0 Å². The van der Waals surface area contributed by atoms with Crippen LogP contribution in [0.25, 0.3) is 0 Å². The van der Waals surface area contributed by atoms with Gasteiger partial charge in [-0.2, -0.15) is 0 Å². The van der Waals surface area contributed by atoms with Crippen molar-refractivity contribution in [2.45, 2.75) is 38.7 Å². The van der Waals surface area contributed by atoms with Gasteiger partial charge in [0, 0.05) is 5.92 Å². The average Bonchev–Trinajstić information content (AvgIpc) is 2.17. The summed E-state index contributed by atoms with van der Waals surface area (Å²) in [5.41, 5.74) is 0. The van der Waals surface area contributed by atoms with E-state index >= 15 is 0 Å². The zero-order valence-electron chi connectivity index (χ0n) is 8.48. The number of rotatable bonds is 2.